The number of thiazole rings is 1. The lowest BCUT2D eigenvalue weighted by atomic mass is 10.3. The Balaban J connectivity index is 0.00000324. The Bertz CT molecular complexity index is 505. The largest absolute Gasteiger partial charge is 0.398 e. The molecule has 0 saturated carbocycles. The van der Waals surface area contributed by atoms with Crippen LogP contribution in [0.4, 0.5) is 5.13 Å². The zero-order valence-corrected chi connectivity index (χ0v) is 13.2. The van der Waals surface area contributed by atoms with Gasteiger partial charge in [-0.15, -0.1) is 24.0 Å². The summed E-state index contributed by atoms with van der Waals surface area (Å²) in [6, 6.07) is 0. The second-order valence-corrected chi connectivity index (χ2v) is 4.93. The molecular weight excluding hydrogens is 360 g/mol. The molecule has 1 amide bonds. The third-order valence-corrected chi connectivity index (χ3v) is 3.14. The van der Waals surface area contributed by atoms with Crippen LogP contribution in [0, 0.1) is 0 Å². The minimum atomic E-state index is -0.876. The highest BCUT2D eigenvalue weighted by atomic mass is 35.5. The molecule has 11 heteroatoms. The monoisotopic (exact) mass is 365 g/mol. The lowest BCUT2D eigenvalue weighted by Crippen LogP contribution is -2.14. The van der Waals surface area contributed by atoms with Crippen molar-refractivity contribution < 1.29 is 14.4 Å². The molecule has 106 valence electrons. The fraction of sp³-hybridized carbons (Fsp3) is 0.250. The first kappa shape index (κ1) is 18.4. The van der Waals surface area contributed by atoms with Crippen molar-refractivity contribution in [3.05, 3.63) is 10.0 Å². The van der Waals surface area contributed by atoms with Crippen molar-refractivity contribution in [3.63, 3.8) is 0 Å². The van der Waals surface area contributed by atoms with Crippen LogP contribution in [-0.4, -0.2) is 34.8 Å². The third-order valence-electron chi connectivity index (χ3n) is 1.55. The van der Waals surface area contributed by atoms with Gasteiger partial charge in [-0.25, -0.2) is 4.98 Å². The van der Waals surface area contributed by atoms with Gasteiger partial charge in [0.2, 0.25) is 5.91 Å². The highest BCUT2D eigenvalue weighted by Crippen LogP contribution is 2.29. The first-order valence-electron chi connectivity index (χ1n) is 4.33. The van der Waals surface area contributed by atoms with Crippen molar-refractivity contribution in [1.29, 1.82) is 0 Å². The molecule has 0 aliphatic heterocycles. The molecule has 0 unspecified atom stereocenters. The zero-order chi connectivity index (χ0) is 13.7. The van der Waals surface area contributed by atoms with Crippen LogP contribution in [-0.2, 0) is 14.4 Å². The van der Waals surface area contributed by atoms with Gasteiger partial charge in [0, 0.05) is 0 Å². The normalized spacial score (nSPS) is 10.6. The lowest BCUT2D eigenvalue weighted by molar-refractivity contribution is -0.114. The topological polar surface area (TPSA) is 80.7 Å². The second-order valence-electron chi connectivity index (χ2n) is 2.72. The standard InChI is InChI=1S/C8H6Cl3N3O3S.ClH/c1-17-14-4(6(10)16)5-7(11)18-8(13-5)12-3(15)2-9;/h2H2,1H3,(H,12,13,15);1H. The molecule has 0 aliphatic rings. The van der Waals surface area contributed by atoms with E-state index in [4.69, 9.17) is 34.8 Å². The van der Waals surface area contributed by atoms with E-state index in [2.05, 4.69) is 20.3 Å². The molecule has 6 nitrogen and oxygen atoms in total. The molecule has 0 aromatic carbocycles. The molecule has 1 N–H and O–H groups in total. The fourth-order valence-corrected chi connectivity index (χ4v) is 2.17. The number of anilines is 1. The van der Waals surface area contributed by atoms with E-state index >= 15 is 0 Å². The first-order chi connectivity index (χ1) is 8.49. The molecule has 0 fully saturated rings. The number of nitrogens with zero attached hydrogens (tertiary/aromatic N) is 2. The van der Waals surface area contributed by atoms with E-state index in [0.717, 1.165) is 11.3 Å². The number of rotatable bonds is 5. The van der Waals surface area contributed by atoms with Gasteiger partial charge in [0.15, 0.2) is 10.8 Å². The molecule has 0 bridgehead atoms. The van der Waals surface area contributed by atoms with Crippen LogP contribution in [0.2, 0.25) is 4.34 Å². The SMILES string of the molecule is CON=C(C(=O)Cl)c1nc(NC(=O)CCl)sc1Cl.Cl. The summed E-state index contributed by atoms with van der Waals surface area (Å²) < 4.78 is 0.143. The van der Waals surface area contributed by atoms with Gasteiger partial charge in [0.1, 0.15) is 23.0 Å². The third kappa shape index (κ3) is 5.12. The molecule has 0 saturated heterocycles. The van der Waals surface area contributed by atoms with E-state index in [1.807, 2.05) is 0 Å². The smallest absolute Gasteiger partial charge is 0.276 e. The Morgan fingerprint density at radius 3 is 2.63 bits per heavy atom. The van der Waals surface area contributed by atoms with Crippen molar-refractivity contribution in [1.82, 2.24) is 4.98 Å². The van der Waals surface area contributed by atoms with Gasteiger partial charge in [-0.2, -0.15) is 0 Å². The molecule has 19 heavy (non-hydrogen) atoms. The van der Waals surface area contributed by atoms with Crippen LogP contribution in [0.25, 0.3) is 0 Å². The Morgan fingerprint density at radius 1 is 1.53 bits per heavy atom. The Hall–Kier alpha value is -0.600. The van der Waals surface area contributed by atoms with Gasteiger partial charge in [-0.1, -0.05) is 28.1 Å². The predicted molar refractivity (Wildman–Crippen MR) is 78.1 cm³/mol. The van der Waals surface area contributed by atoms with Crippen molar-refractivity contribution in [3.8, 4) is 0 Å². The minimum absolute atomic E-state index is 0. The molecule has 1 heterocycles. The van der Waals surface area contributed by atoms with E-state index in [-0.39, 0.29) is 39.2 Å². The maximum absolute atomic E-state index is 11.1. The first-order valence-corrected chi connectivity index (χ1v) is 6.43. The number of hydrogen-bond donors (Lipinski definition) is 1. The number of nitrogens with one attached hydrogen (secondary N) is 1. The molecular formula is C8H7Cl4N3O3S. The molecule has 1 aromatic heterocycles. The Kier molecular flexibility index (Phi) is 8.28. The van der Waals surface area contributed by atoms with E-state index in [0.29, 0.717) is 0 Å². The van der Waals surface area contributed by atoms with Gasteiger partial charge in [0.05, 0.1) is 0 Å². The van der Waals surface area contributed by atoms with E-state index in [9.17, 15) is 9.59 Å². The number of hydrogen-bond acceptors (Lipinski definition) is 6. The van der Waals surface area contributed by atoms with Crippen LogP contribution in [0.3, 0.4) is 0 Å². The molecule has 0 radical (unpaired) electrons. The van der Waals surface area contributed by atoms with E-state index in [1.165, 1.54) is 7.11 Å². The van der Waals surface area contributed by atoms with Crippen molar-refractivity contribution in [2.45, 2.75) is 0 Å². The van der Waals surface area contributed by atoms with Gasteiger partial charge < -0.3 is 10.2 Å². The molecule has 1 rings (SSSR count). The van der Waals surface area contributed by atoms with Crippen molar-refractivity contribution in [2.75, 3.05) is 18.3 Å². The molecule has 0 spiro atoms. The molecule has 0 aliphatic carbocycles. The maximum atomic E-state index is 11.1. The van der Waals surface area contributed by atoms with Gasteiger partial charge in [-0.05, 0) is 11.6 Å². The number of aromatic nitrogens is 1. The second kappa shape index (κ2) is 8.55. The molecule has 1 aromatic rings. The van der Waals surface area contributed by atoms with Crippen LogP contribution >= 0.6 is 58.5 Å². The summed E-state index contributed by atoms with van der Waals surface area (Å²) >= 11 is 17.5. The van der Waals surface area contributed by atoms with Crippen molar-refractivity contribution >= 4 is 80.5 Å². The summed E-state index contributed by atoms with van der Waals surface area (Å²) in [7, 11) is 1.25. The zero-order valence-electron chi connectivity index (χ0n) is 9.28. The summed E-state index contributed by atoms with van der Waals surface area (Å²) in [5.41, 5.74) is -0.208. The number of carbonyl (C=O) groups is 2. The van der Waals surface area contributed by atoms with E-state index < -0.39 is 11.1 Å². The average molecular weight is 367 g/mol. The van der Waals surface area contributed by atoms with Crippen LogP contribution in [0.5, 0.6) is 0 Å². The number of halogens is 4. The van der Waals surface area contributed by atoms with Crippen LogP contribution in [0.15, 0.2) is 5.16 Å². The summed E-state index contributed by atoms with van der Waals surface area (Å²) in [5.74, 6) is -0.670. The van der Waals surface area contributed by atoms with Crippen molar-refractivity contribution in [2.24, 2.45) is 5.16 Å². The van der Waals surface area contributed by atoms with E-state index in [1.54, 1.807) is 0 Å². The number of alkyl halides is 1. The number of oxime groups is 1. The highest BCUT2D eigenvalue weighted by Gasteiger charge is 2.21. The molecule has 0 atom stereocenters. The summed E-state index contributed by atoms with van der Waals surface area (Å²) in [4.78, 5) is 30.6. The lowest BCUT2D eigenvalue weighted by Gasteiger charge is -1.97. The van der Waals surface area contributed by atoms with Gasteiger partial charge >= 0.3 is 0 Å². The predicted octanol–water partition coefficient (Wildman–Crippen LogP) is 2.51. The quantitative estimate of drug-likeness (QED) is 0.375. The summed E-state index contributed by atoms with van der Waals surface area (Å²) in [6.45, 7) is 0. The highest BCUT2D eigenvalue weighted by molar-refractivity contribution is 7.20. The maximum Gasteiger partial charge on any atom is 0.276 e. The number of amides is 1. The van der Waals surface area contributed by atoms with Crippen LogP contribution in [0.1, 0.15) is 5.69 Å². The number of carbonyl (C=O) groups excluding carboxylic acids is 2. The summed E-state index contributed by atoms with van der Waals surface area (Å²) in [6.07, 6.45) is 0. The fourth-order valence-electron chi connectivity index (χ4n) is 0.917. The van der Waals surface area contributed by atoms with Gasteiger partial charge in [0.25, 0.3) is 5.24 Å². The summed E-state index contributed by atoms with van der Waals surface area (Å²) in [5, 5.41) is 5.12. The van der Waals surface area contributed by atoms with Gasteiger partial charge in [-0.3, -0.25) is 9.59 Å². The average Bonchev–Trinajstić information content (AvgIpc) is 2.66. The Labute approximate surface area is 133 Å². The van der Waals surface area contributed by atoms with Crippen LogP contribution < -0.4 is 5.32 Å². The Morgan fingerprint density at radius 2 is 2.16 bits per heavy atom. The minimum Gasteiger partial charge on any atom is -0.398 e.